The molecule has 0 atom stereocenters. The molecular weight excluding hydrogens is 276 g/mol. The van der Waals surface area contributed by atoms with Gasteiger partial charge in [0, 0.05) is 11.4 Å². The molecule has 0 aliphatic rings. The monoisotopic (exact) mass is 284 g/mol. The highest BCUT2D eigenvalue weighted by Crippen LogP contribution is 2.35. The molecule has 0 N–H and O–H groups in total. The fourth-order valence-corrected chi connectivity index (χ4v) is 2.14. The van der Waals surface area contributed by atoms with Crippen molar-refractivity contribution in [1.82, 2.24) is 0 Å². The van der Waals surface area contributed by atoms with Crippen molar-refractivity contribution in [3.8, 4) is 11.1 Å². The maximum absolute atomic E-state index is 10.5. The molecule has 2 aromatic carbocycles. The van der Waals surface area contributed by atoms with Gasteiger partial charge in [0.15, 0.2) is 0 Å². The third-order valence-electron chi connectivity index (χ3n) is 2.77. The number of aliphatic imine (C=N–C) groups is 2. The third-order valence-corrected chi connectivity index (χ3v) is 3.06. The van der Waals surface area contributed by atoms with Gasteiger partial charge in [-0.25, -0.2) is 9.59 Å². The van der Waals surface area contributed by atoms with Crippen LogP contribution in [-0.4, -0.2) is 12.2 Å². The Hall–Kier alpha value is -2.51. The first-order chi connectivity index (χ1) is 9.80. The molecule has 0 fully saturated rings. The number of halogens is 1. The molecule has 0 aromatic heterocycles. The van der Waals surface area contributed by atoms with Crippen LogP contribution in [0.3, 0.4) is 0 Å². The van der Waals surface area contributed by atoms with Crippen molar-refractivity contribution in [1.29, 1.82) is 0 Å². The van der Waals surface area contributed by atoms with Gasteiger partial charge in [0.2, 0.25) is 12.2 Å². The Morgan fingerprint density at radius 3 is 2.40 bits per heavy atom. The Labute approximate surface area is 120 Å². The average molecular weight is 285 g/mol. The van der Waals surface area contributed by atoms with Gasteiger partial charge < -0.3 is 0 Å². The second-order valence-electron chi connectivity index (χ2n) is 3.90. The third kappa shape index (κ3) is 2.90. The molecular formula is C15H9ClN2O2. The smallest absolute Gasteiger partial charge is 0.211 e. The highest BCUT2D eigenvalue weighted by Gasteiger charge is 2.09. The van der Waals surface area contributed by atoms with Crippen LogP contribution in [0, 0.1) is 0 Å². The molecule has 0 aliphatic carbocycles. The van der Waals surface area contributed by atoms with E-state index < -0.39 is 0 Å². The fraction of sp³-hybridized carbons (Fsp3) is 0.0667. The van der Waals surface area contributed by atoms with Crippen molar-refractivity contribution in [2.24, 2.45) is 9.98 Å². The summed E-state index contributed by atoms with van der Waals surface area (Å²) in [6.07, 6.45) is 3.02. The minimum atomic E-state index is 0.291. The largest absolute Gasteiger partial charge is 0.240 e. The lowest BCUT2D eigenvalue weighted by Gasteiger charge is -2.10. The number of rotatable bonds is 4. The molecule has 5 heteroatoms. The van der Waals surface area contributed by atoms with E-state index in [1.165, 1.54) is 12.2 Å². The van der Waals surface area contributed by atoms with Crippen molar-refractivity contribution in [3.05, 3.63) is 48.0 Å². The number of hydrogen-bond acceptors (Lipinski definition) is 4. The first kappa shape index (κ1) is 13.9. The Morgan fingerprint density at radius 2 is 1.70 bits per heavy atom. The topological polar surface area (TPSA) is 58.9 Å². The molecule has 0 spiro atoms. The van der Waals surface area contributed by atoms with Gasteiger partial charge in [-0.1, -0.05) is 24.3 Å². The molecule has 0 radical (unpaired) electrons. The molecule has 2 aromatic rings. The Balaban J connectivity index is 2.70. The lowest BCUT2D eigenvalue weighted by molar-refractivity contribution is 0.564. The minimum Gasteiger partial charge on any atom is -0.211 e. The van der Waals surface area contributed by atoms with Crippen LogP contribution < -0.4 is 0 Å². The van der Waals surface area contributed by atoms with Gasteiger partial charge in [-0.15, -0.1) is 11.6 Å². The molecule has 0 saturated heterocycles. The number of para-hydroxylation sites is 1. The quantitative estimate of drug-likeness (QED) is 0.483. The van der Waals surface area contributed by atoms with Crippen LogP contribution in [0.15, 0.2) is 52.4 Å². The summed E-state index contributed by atoms with van der Waals surface area (Å²) in [6, 6.07) is 12.3. The van der Waals surface area contributed by atoms with E-state index in [1.54, 1.807) is 30.3 Å². The highest BCUT2D eigenvalue weighted by molar-refractivity contribution is 6.17. The number of carbonyl (C=O) groups excluding carboxylic acids is 2. The molecule has 0 bridgehead atoms. The van der Waals surface area contributed by atoms with Crippen LogP contribution in [0.2, 0.25) is 0 Å². The van der Waals surface area contributed by atoms with Crippen LogP contribution in [0.4, 0.5) is 11.4 Å². The highest BCUT2D eigenvalue weighted by atomic mass is 35.5. The Kier molecular flexibility index (Phi) is 4.59. The molecule has 2 rings (SSSR count). The van der Waals surface area contributed by atoms with Crippen molar-refractivity contribution < 1.29 is 9.59 Å². The summed E-state index contributed by atoms with van der Waals surface area (Å²) in [5, 5.41) is 0. The normalized spacial score (nSPS) is 9.45. The van der Waals surface area contributed by atoms with Crippen LogP contribution in [-0.2, 0) is 15.5 Å². The van der Waals surface area contributed by atoms with E-state index in [-0.39, 0.29) is 0 Å². The summed E-state index contributed by atoms with van der Waals surface area (Å²) >= 11 is 5.92. The number of hydrogen-bond donors (Lipinski definition) is 0. The van der Waals surface area contributed by atoms with Gasteiger partial charge in [-0.05, 0) is 29.3 Å². The summed E-state index contributed by atoms with van der Waals surface area (Å²) < 4.78 is 0. The summed E-state index contributed by atoms with van der Waals surface area (Å²) in [5.41, 5.74) is 3.31. The Morgan fingerprint density at radius 1 is 0.950 bits per heavy atom. The predicted octanol–water partition coefficient (Wildman–Crippen LogP) is 4.03. The van der Waals surface area contributed by atoms with Crippen molar-refractivity contribution in [3.63, 3.8) is 0 Å². The van der Waals surface area contributed by atoms with E-state index >= 15 is 0 Å². The molecule has 4 nitrogen and oxygen atoms in total. The first-order valence-electron chi connectivity index (χ1n) is 5.74. The number of isocyanates is 2. The summed E-state index contributed by atoms with van der Waals surface area (Å²) in [7, 11) is 0. The zero-order valence-electron chi connectivity index (χ0n) is 10.3. The van der Waals surface area contributed by atoms with Gasteiger partial charge in [0.1, 0.15) is 0 Å². The van der Waals surface area contributed by atoms with Gasteiger partial charge in [-0.3, -0.25) is 0 Å². The van der Waals surface area contributed by atoms with E-state index in [1.807, 2.05) is 12.1 Å². The molecule has 0 unspecified atom stereocenters. The van der Waals surface area contributed by atoms with Gasteiger partial charge in [0.25, 0.3) is 0 Å². The SMILES string of the molecule is O=C=Nc1ccc(CCl)c(-c2ccccc2N=C=O)c1. The molecule has 0 saturated carbocycles. The van der Waals surface area contributed by atoms with E-state index in [4.69, 9.17) is 11.6 Å². The number of alkyl halides is 1. The zero-order chi connectivity index (χ0) is 14.4. The minimum absolute atomic E-state index is 0.291. The average Bonchev–Trinajstić information content (AvgIpc) is 2.48. The lowest BCUT2D eigenvalue weighted by atomic mass is 9.98. The number of benzene rings is 2. The van der Waals surface area contributed by atoms with Gasteiger partial charge >= 0.3 is 0 Å². The Bertz CT molecular complexity index is 730. The van der Waals surface area contributed by atoms with Crippen molar-refractivity contribution >= 4 is 35.1 Å². The first-order valence-corrected chi connectivity index (χ1v) is 6.27. The molecule has 98 valence electrons. The van der Waals surface area contributed by atoms with Crippen molar-refractivity contribution in [2.75, 3.05) is 0 Å². The molecule has 0 amide bonds. The van der Waals surface area contributed by atoms with Crippen LogP contribution in [0.5, 0.6) is 0 Å². The van der Waals surface area contributed by atoms with Gasteiger partial charge in [-0.2, -0.15) is 9.98 Å². The van der Waals surface area contributed by atoms with Crippen LogP contribution >= 0.6 is 11.6 Å². The van der Waals surface area contributed by atoms with Crippen LogP contribution in [0.25, 0.3) is 11.1 Å². The summed E-state index contributed by atoms with van der Waals surface area (Å²) in [5.74, 6) is 0.291. The van der Waals surface area contributed by atoms with Crippen molar-refractivity contribution in [2.45, 2.75) is 5.88 Å². The van der Waals surface area contributed by atoms with Gasteiger partial charge in [0.05, 0.1) is 11.4 Å². The lowest BCUT2D eigenvalue weighted by Crippen LogP contribution is -1.87. The zero-order valence-corrected chi connectivity index (χ0v) is 11.1. The maximum atomic E-state index is 10.5. The van der Waals surface area contributed by atoms with E-state index in [9.17, 15) is 9.59 Å². The molecule has 20 heavy (non-hydrogen) atoms. The van der Waals surface area contributed by atoms with E-state index in [2.05, 4.69) is 9.98 Å². The molecule has 0 heterocycles. The van der Waals surface area contributed by atoms with E-state index in [0.717, 1.165) is 16.7 Å². The standard InChI is InChI=1S/C15H9ClN2O2/c16-8-11-5-6-12(17-9-19)7-14(11)13-3-1-2-4-15(13)18-10-20/h1-7H,8H2. The predicted molar refractivity (Wildman–Crippen MR) is 77.0 cm³/mol. The van der Waals surface area contributed by atoms with Crippen LogP contribution in [0.1, 0.15) is 5.56 Å². The molecule has 0 aliphatic heterocycles. The fourth-order valence-electron chi connectivity index (χ4n) is 1.90. The second kappa shape index (κ2) is 6.60. The second-order valence-corrected chi connectivity index (χ2v) is 4.17. The summed E-state index contributed by atoms with van der Waals surface area (Å²) in [4.78, 5) is 28.1. The number of nitrogens with zero attached hydrogens (tertiary/aromatic N) is 2. The van der Waals surface area contributed by atoms with E-state index in [0.29, 0.717) is 17.3 Å². The maximum Gasteiger partial charge on any atom is 0.240 e. The summed E-state index contributed by atoms with van der Waals surface area (Å²) in [6.45, 7) is 0.